The molecule has 0 bridgehead atoms. The van der Waals surface area contributed by atoms with Crippen molar-refractivity contribution in [1.82, 2.24) is 4.31 Å². The topological polar surface area (TPSA) is 66.5 Å². The van der Waals surface area contributed by atoms with Gasteiger partial charge in [0.25, 0.3) is 0 Å². The van der Waals surface area contributed by atoms with Gasteiger partial charge < -0.3 is 5.32 Å². The Morgan fingerprint density at radius 2 is 1.65 bits per heavy atom. The summed E-state index contributed by atoms with van der Waals surface area (Å²) in [6.45, 7) is 1.51. The fourth-order valence-electron chi connectivity index (χ4n) is 2.83. The van der Waals surface area contributed by atoms with Gasteiger partial charge in [0, 0.05) is 11.0 Å². The highest BCUT2D eigenvalue weighted by Crippen LogP contribution is 2.29. The van der Waals surface area contributed by atoms with E-state index >= 15 is 0 Å². The van der Waals surface area contributed by atoms with Gasteiger partial charge >= 0.3 is 0 Å². The van der Waals surface area contributed by atoms with E-state index in [9.17, 15) is 13.2 Å². The first kappa shape index (κ1) is 23.8. The van der Waals surface area contributed by atoms with Crippen molar-refractivity contribution in [3.63, 3.8) is 0 Å². The second-order valence-electron chi connectivity index (χ2n) is 6.86. The number of nitrogens with one attached hydrogen (secondary N) is 1. The lowest BCUT2D eigenvalue weighted by Crippen LogP contribution is -2.37. The second-order valence-corrected chi connectivity index (χ2v) is 10.5. The maximum absolute atomic E-state index is 13.3. The van der Waals surface area contributed by atoms with Crippen LogP contribution in [0.5, 0.6) is 0 Å². The molecule has 0 fully saturated rings. The zero-order chi connectivity index (χ0) is 22.6. The van der Waals surface area contributed by atoms with Crippen LogP contribution in [0, 0.1) is 6.92 Å². The Balaban J connectivity index is 1.89. The fraction of sp³-hybridized carbons (Fsp3) is 0.136. The van der Waals surface area contributed by atoms with Gasteiger partial charge in [0.1, 0.15) is 0 Å². The zero-order valence-corrected chi connectivity index (χ0v) is 20.4. The van der Waals surface area contributed by atoms with Gasteiger partial charge in [-0.15, -0.1) is 0 Å². The minimum Gasteiger partial charge on any atom is -0.324 e. The molecule has 5 nitrogen and oxygen atoms in total. The molecule has 0 radical (unpaired) electrons. The van der Waals surface area contributed by atoms with Crippen LogP contribution in [0.2, 0.25) is 10.0 Å². The van der Waals surface area contributed by atoms with E-state index in [-0.39, 0.29) is 16.5 Å². The van der Waals surface area contributed by atoms with Gasteiger partial charge in [0.05, 0.1) is 27.2 Å². The molecule has 3 rings (SSSR count). The Hall–Kier alpha value is -1.90. The van der Waals surface area contributed by atoms with Gasteiger partial charge in [-0.2, -0.15) is 4.31 Å². The molecule has 3 aromatic rings. The highest BCUT2D eigenvalue weighted by atomic mass is 79.9. The summed E-state index contributed by atoms with van der Waals surface area (Å²) in [6.07, 6.45) is 0. The van der Waals surface area contributed by atoms with Crippen molar-refractivity contribution in [3.05, 3.63) is 92.4 Å². The van der Waals surface area contributed by atoms with E-state index in [4.69, 9.17) is 23.2 Å². The van der Waals surface area contributed by atoms with Crippen molar-refractivity contribution in [3.8, 4) is 0 Å². The molecular formula is C22H19BrCl2N2O3S. The molecule has 0 saturated heterocycles. The molecule has 0 spiro atoms. The Labute approximate surface area is 200 Å². The molecule has 0 unspecified atom stereocenters. The molecule has 162 valence electrons. The van der Waals surface area contributed by atoms with E-state index in [1.807, 2.05) is 19.1 Å². The Morgan fingerprint density at radius 1 is 1.00 bits per heavy atom. The van der Waals surface area contributed by atoms with Crippen LogP contribution >= 0.6 is 39.1 Å². The lowest BCUT2D eigenvalue weighted by molar-refractivity contribution is -0.116. The highest BCUT2D eigenvalue weighted by Gasteiger charge is 2.27. The minimum absolute atomic E-state index is 0.0280. The molecule has 31 heavy (non-hydrogen) atoms. The first-order valence-corrected chi connectivity index (χ1v) is 12.2. The number of aryl methyl sites for hydroxylation is 1. The number of carbonyl (C=O) groups is 1. The third-order valence-corrected chi connectivity index (χ3v) is 7.63. The number of halogens is 3. The number of hydrogen-bond donors (Lipinski definition) is 1. The number of benzene rings is 3. The van der Waals surface area contributed by atoms with Gasteiger partial charge in [0.2, 0.25) is 15.9 Å². The quantitative estimate of drug-likeness (QED) is 0.405. The Kier molecular flexibility index (Phi) is 7.78. The summed E-state index contributed by atoms with van der Waals surface area (Å²) in [5.74, 6) is -0.531. The second kappa shape index (κ2) is 10.1. The average Bonchev–Trinajstić information content (AvgIpc) is 2.73. The van der Waals surface area contributed by atoms with E-state index in [1.54, 1.807) is 42.5 Å². The first-order valence-electron chi connectivity index (χ1n) is 9.22. The van der Waals surface area contributed by atoms with Crippen LogP contribution in [0.25, 0.3) is 0 Å². The third kappa shape index (κ3) is 6.08. The van der Waals surface area contributed by atoms with E-state index in [2.05, 4.69) is 21.2 Å². The fourth-order valence-corrected chi connectivity index (χ4v) is 4.83. The summed E-state index contributed by atoms with van der Waals surface area (Å²) in [5.41, 5.74) is 2.00. The number of anilines is 1. The lowest BCUT2D eigenvalue weighted by atomic mass is 10.2. The Bertz CT molecular complexity index is 1180. The molecule has 0 atom stereocenters. The predicted octanol–water partition coefficient (Wildman–Crippen LogP) is 5.89. The van der Waals surface area contributed by atoms with Gasteiger partial charge in [-0.25, -0.2) is 8.42 Å². The standard InChI is InChI=1S/C22H19BrCl2N2O3S/c1-15-5-11-18(12-6-15)31(29,30)27(13-16-7-9-17(23)10-8-16)14-21(28)26-20-4-2-3-19(24)22(20)25/h2-12H,13-14H2,1H3,(H,26,28). The van der Waals surface area contributed by atoms with Crippen LogP contribution in [0.15, 0.2) is 76.1 Å². The van der Waals surface area contributed by atoms with E-state index < -0.39 is 22.5 Å². The van der Waals surface area contributed by atoms with Crippen molar-refractivity contribution < 1.29 is 13.2 Å². The largest absolute Gasteiger partial charge is 0.324 e. The zero-order valence-electron chi connectivity index (χ0n) is 16.5. The minimum atomic E-state index is -3.93. The monoisotopic (exact) mass is 540 g/mol. The number of rotatable bonds is 7. The highest BCUT2D eigenvalue weighted by molar-refractivity contribution is 9.10. The van der Waals surface area contributed by atoms with Crippen LogP contribution in [0.1, 0.15) is 11.1 Å². The van der Waals surface area contributed by atoms with Crippen LogP contribution in [-0.4, -0.2) is 25.2 Å². The molecule has 0 saturated carbocycles. The SMILES string of the molecule is Cc1ccc(S(=O)(=O)N(CC(=O)Nc2cccc(Cl)c2Cl)Cc2ccc(Br)cc2)cc1. The molecule has 0 heterocycles. The lowest BCUT2D eigenvalue weighted by Gasteiger charge is -2.22. The normalized spacial score (nSPS) is 11.5. The van der Waals surface area contributed by atoms with E-state index in [0.717, 1.165) is 19.9 Å². The van der Waals surface area contributed by atoms with Crippen molar-refractivity contribution in [1.29, 1.82) is 0 Å². The van der Waals surface area contributed by atoms with Crippen LogP contribution in [0.3, 0.4) is 0 Å². The Morgan fingerprint density at radius 3 is 2.29 bits per heavy atom. The van der Waals surface area contributed by atoms with Gasteiger partial charge in [-0.3, -0.25) is 4.79 Å². The molecule has 1 amide bonds. The molecule has 0 aromatic heterocycles. The number of carbonyl (C=O) groups excluding carboxylic acids is 1. The van der Waals surface area contributed by atoms with Crippen LogP contribution in [-0.2, 0) is 21.4 Å². The van der Waals surface area contributed by atoms with Gasteiger partial charge in [-0.05, 0) is 48.9 Å². The van der Waals surface area contributed by atoms with Crippen molar-refractivity contribution in [2.75, 3.05) is 11.9 Å². The smallest absolute Gasteiger partial charge is 0.243 e. The predicted molar refractivity (Wildman–Crippen MR) is 128 cm³/mol. The summed E-state index contributed by atoms with van der Waals surface area (Å²) in [5, 5.41) is 3.12. The summed E-state index contributed by atoms with van der Waals surface area (Å²) in [7, 11) is -3.93. The maximum Gasteiger partial charge on any atom is 0.243 e. The number of hydrogen-bond acceptors (Lipinski definition) is 3. The van der Waals surface area contributed by atoms with Crippen molar-refractivity contribution >= 4 is 60.7 Å². The molecular weight excluding hydrogens is 523 g/mol. The molecule has 0 aliphatic heterocycles. The molecule has 3 aromatic carbocycles. The van der Waals surface area contributed by atoms with Gasteiger partial charge in [-0.1, -0.05) is 75.0 Å². The summed E-state index contributed by atoms with van der Waals surface area (Å²) < 4.78 is 28.6. The molecule has 0 aliphatic carbocycles. The summed E-state index contributed by atoms with van der Waals surface area (Å²) in [6, 6.07) is 18.6. The van der Waals surface area contributed by atoms with E-state index in [1.165, 1.54) is 12.1 Å². The number of nitrogens with zero attached hydrogens (tertiary/aromatic N) is 1. The number of amides is 1. The van der Waals surface area contributed by atoms with Gasteiger partial charge in [0.15, 0.2) is 0 Å². The molecule has 1 N–H and O–H groups in total. The molecule has 0 aliphatic rings. The summed E-state index contributed by atoms with van der Waals surface area (Å²) >= 11 is 15.5. The maximum atomic E-state index is 13.3. The van der Waals surface area contributed by atoms with Crippen LogP contribution in [0.4, 0.5) is 5.69 Å². The average molecular weight is 542 g/mol. The number of sulfonamides is 1. The van der Waals surface area contributed by atoms with Crippen molar-refractivity contribution in [2.45, 2.75) is 18.4 Å². The molecule has 9 heteroatoms. The van der Waals surface area contributed by atoms with Crippen LogP contribution < -0.4 is 5.32 Å². The van der Waals surface area contributed by atoms with E-state index in [0.29, 0.717) is 10.7 Å². The van der Waals surface area contributed by atoms with Crippen molar-refractivity contribution in [2.24, 2.45) is 0 Å². The summed E-state index contributed by atoms with van der Waals surface area (Å²) in [4.78, 5) is 12.9. The third-order valence-electron chi connectivity index (χ3n) is 4.48. The first-order chi connectivity index (χ1) is 14.7.